The van der Waals surface area contributed by atoms with Gasteiger partial charge < -0.3 is 9.67 Å². The second kappa shape index (κ2) is 7.22. The minimum atomic E-state index is -0.299. The highest BCUT2D eigenvalue weighted by Crippen LogP contribution is 2.22. The third kappa shape index (κ3) is 4.06. The maximum Gasteiger partial charge on any atom is 0.223 e. The Hall–Kier alpha value is -2.07. The third-order valence-electron chi connectivity index (χ3n) is 4.72. The van der Waals surface area contributed by atoms with E-state index in [1.54, 1.807) is 12.3 Å². The molecule has 1 aliphatic rings. The minimum absolute atomic E-state index is 0.185. The summed E-state index contributed by atoms with van der Waals surface area (Å²) in [6, 6.07) is 11.7. The van der Waals surface area contributed by atoms with E-state index in [2.05, 4.69) is 30.9 Å². The molecule has 2 atom stereocenters. The number of pyridine rings is 1. The topological polar surface area (TPSA) is 45.5 Å². The molecule has 1 aromatic carbocycles. The number of likely N-dealkylation sites (tertiary alicyclic amines) is 1. The Kier molecular flexibility index (Phi) is 5.05. The Labute approximate surface area is 143 Å². The first kappa shape index (κ1) is 16.8. The highest BCUT2D eigenvalue weighted by Gasteiger charge is 2.22. The Morgan fingerprint density at radius 1 is 1.08 bits per heavy atom. The molecule has 0 spiro atoms. The first-order valence-corrected chi connectivity index (χ1v) is 8.70. The highest BCUT2D eigenvalue weighted by molar-refractivity contribution is 5.23. The summed E-state index contributed by atoms with van der Waals surface area (Å²) in [6.45, 7) is 8.10. The molecule has 1 N–H and O–H groups in total. The first-order chi connectivity index (χ1) is 11.5. The van der Waals surface area contributed by atoms with E-state index >= 15 is 0 Å². The summed E-state index contributed by atoms with van der Waals surface area (Å²) in [5.41, 5.74) is 1.82. The van der Waals surface area contributed by atoms with Crippen molar-refractivity contribution in [2.45, 2.75) is 33.4 Å². The number of aromatic nitrogens is 1. The molecule has 0 radical (unpaired) electrons. The van der Waals surface area contributed by atoms with E-state index in [-0.39, 0.29) is 11.2 Å². The van der Waals surface area contributed by atoms with Gasteiger partial charge in [-0.05, 0) is 23.8 Å². The summed E-state index contributed by atoms with van der Waals surface area (Å²) in [5.74, 6) is 1.18. The van der Waals surface area contributed by atoms with Crippen LogP contribution in [0.4, 0.5) is 0 Å². The lowest BCUT2D eigenvalue weighted by molar-refractivity contribution is 0.131. The zero-order valence-electron chi connectivity index (χ0n) is 14.5. The average Bonchev–Trinajstić information content (AvgIpc) is 2.52. The lowest BCUT2D eigenvalue weighted by Gasteiger charge is -2.35. The van der Waals surface area contributed by atoms with Crippen molar-refractivity contribution >= 4 is 0 Å². The fourth-order valence-electron chi connectivity index (χ4n) is 3.82. The summed E-state index contributed by atoms with van der Waals surface area (Å²) in [7, 11) is 0. The van der Waals surface area contributed by atoms with E-state index in [1.165, 1.54) is 6.42 Å². The zero-order valence-corrected chi connectivity index (χ0v) is 14.5. The van der Waals surface area contributed by atoms with Gasteiger partial charge in [-0.3, -0.25) is 9.69 Å². The van der Waals surface area contributed by atoms with Gasteiger partial charge in [0, 0.05) is 37.9 Å². The zero-order chi connectivity index (χ0) is 17.1. The lowest BCUT2D eigenvalue weighted by Crippen LogP contribution is -2.39. The van der Waals surface area contributed by atoms with Crippen LogP contribution in [0.5, 0.6) is 5.75 Å². The van der Waals surface area contributed by atoms with Gasteiger partial charge in [-0.1, -0.05) is 44.2 Å². The van der Waals surface area contributed by atoms with Crippen LogP contribution in [-0.4, -0.2) is 27.7 Å². The Morgan fingerprint density at radius 2 is 1.75 bits per heavy atom. The number of hydrogen-bond donors (Lipinski definition) is 1. The molecule has 2 unspecified atom stereocenters. The van der Waals surface area contributed by atoms with E-state index in [9.17, 15) is 9.90 Å². The molecule has 4 nitrogen and oxygen atoms in total. The number of benzene rings is 1. The van der Waals surface area contributed by atoms with E-state index in [4.69, 9.17) is 0 Å². The largest absolute Gasteiger partial charge is 0.503 e. The van der Waals surface area contributed by atoms with Crippen molar-refractivity contribution in [2.24, 2.45) is 11.8 Å². The normalized spacial score (nSPS) is 21.8. The molecule has 128 valence electrons. The van der Waals surface area contributed by atoms with Crippen LogP contribution in [0.1, 0.15) is 31.5 Å². The van der Waals surface area contributed by atoms with Crippen molar-refractivity contribution in [1.82, 2.24) is 9.47 Å². The van der Waals surface area contributed by atoms with Crippen LogP contribution in [0.2, 0.25) is 0 Å². The third-order valence-corrected chi connectivity index (χ3v) is 4.72. The van der Waals surface area contributed by atoms with Gasteiger partial charge in [-0.15, -0.1) is 0 Å². The van der Waals surface area contributed by atoms with Crippen molar-refractivity contribution < 1.29 is 5.11 Å². The van der Waals surface area contributed by atoms with Gasteiger partial charge in [0.15, 0.2) is 5.75 Å². The summed E-state index contributed by atoms with van der Waals surface area (Å²) in [4.78, 5) is 14.4. The minimum Gasteiger partial charge on any atom is -0.503 e. The van der Waals surface area contributed by atoms with Gasteiger partial charge in [-0.2, -0.15) is 0 Å². The quantitative estimate of drug-likeness (QED) is 0.939. The number of rotatable bonds is 4. The van der Waals surface area contributed by atoms with Gasteiger partial charge in [-0.25, -0.2) is 0 Å². The van der Waals surface area contributed by atoms with E-state index in [0.29, 0.717) is 18.4 Å². The summed E-state index contributed by atoms with van der Waals surface area (Å²) in [6.07, 6.45) is 2.84. The molecule has 1 aromatic heterocycles. The second-order valence-electron chi connectivity index (χ2n) is 7.27. The molecule has 24 heavy (non-hydrogen) atoms. The second-order valence-corrected chi connectivity index (χ2v) is 7.27. The summed E-state index contributed by atoms with van der Waals surface area (Å²) >= 11 is 0. The van der Waals surface area contributed by atoms with Crippen molar-refractivity contribution in [3.63, 3.8) is 0 Å². The van der Waals surface area contributed by atoms with Crippen LogP contribution in [0, 0.1) is 11.8 Å². The predicted octanol–water partition coefficient (Wildman–Crippen LogP) is 3.08. The number of piperidine rings is 1. The van der Waals surface area contributed by atoms with Crippen LogP contribution >= 0.6 is 0 Å². The molecule has 2 aromatic rings. The summed E-state index contributed by atoms with van der Waals surface area (Å²) in [5, 5.41) is 9.85. The number of hydrogen-bond acceptors (Lipinski definition) is 3. The number of nitrogens with zero attached hydrogens (tertiary/aromatic N) is 2. The molecule has 1 saturated heterocycles. The van der Waals surface area contributed by atoms with Gasteiger partial charge in [0.1, 0.15) is 0 Å². The van der Waals surface area contributed by atoms with E-state index in [1.807, 2.05) is 22.8 Å². The van der Waals surface area contributed by atoms with Crippen LogP contribution in [0.3, 0.4) is 0 Å². The first-order valence-electron chi connectivity index (χ1n) is 8.70. The van der Waals surface area contributed by atoms with Gasteiger partial charge >= 0.3 is 0 Å². The molecule has 1 fully saturated rings. The van der Waals surface area contributed by atoms with Crippen molar-refractivity contribution in [3.05, 3.63) is 64.1 Å². The summed E-state index contributed by atoms with van der Waals surface area (Å²) < 4.78 is 2.00. The van der Waals surface area contributed by atoms with Gasteiger partial charge in [0.25, 0.3) is 0 Å². The molecule has 0 aliphatic carbocycles. The fraction of sp³-hybridized carbons (Fsp3) is 0.450. The van der Waals surface area contributed by atoms with E-state index < -0.39 is 0 Å². The smallest absolute Gasteiger partial charge is 0.223 e. The van der Waals surface area contributed by atoms with Crippen molar-refractivity contribution in [2.75, 3.05) is 13.1 Å². The molecule has 1 aliphatic heterocycles. The Bertz CT molecular complexity index is 729. The molecule has 0 amide bonds. The Balaban J connectivity index is 1.86. The molecule has 2 heterocycles. The van der Waals surface area contributed by atoms with Crippen LogP contribution < -0.4 is 5.43 Å². The molecule has 3 rings (SSSR count). The monoisotopic (exact) mass is 326 g/mol. The maximum atomic E-state index is 11.9. The molecular weight excluding hydrogens is 300 g/mol. The Morgan fingerprint density at radius 3 is 2.42 bits per heavy atom. The molecular formula is C20H26N2O2. The SMILES string of the molecule is CC1CC(C)CN(Cc2cc(=O)c(O)cn2Cc2ccccc2)C1. The maximum absolute atomic E-state index is 11.9. The van der Waals surface area contributed by atoms with Gasteiger partial charge in [0.05, 0.1) is 6.20 Å². The lowest BCUT2D eigenvalue weighted by atomic mass is 9.92. The van der Waals surface area contributed by atoms with Crippen LogP contribution in [0.15, 0.2) is 47.4 Å². The molecule has 4 heteroatoms. The van der Waals surface area contributed by atoms with Gasteiger partial charge in [0.2, 0.25) is 5.43 Å². The molecule has 0 saturated carbocycles. The molecule has 0 bridgehead atoms. The average molecular weight is 326 g/mol. The van der Waals surface area contributed by atoms with Crippen molar-refractivity contribution in [1.29, 1.82) is 0 Å². The fourth-order valence-corrected chi connectivity index (χ4v) is 3.82. The van der Waals surface area contributed by atoms with Crippen molar-refractivity contribution in [3.8, 4) is 5.75 Å². The van der Waals surface area contributed by atoms with E-state index in [0.717, 1.165) is 30.9 Å². The predicted molar refractivity (Wildman–Crippen MR) is 96.1 cm³/mol. The van der Waals surface area contributed by atoms with Crippen LogP contribution in [0.25, 0.3) is 0 Å². The highest BCUT2D eigenvalue weighted by atomic mass is 16.3. The standard InChI is InChI=1S/C20H26N2O2/c1-15-8-16(2)11-21(10-15)13-18-9-19(23)20(24)14-22(18)12-17-6-4-3-5-7-17/h3-7,9,14-16,24H,8,10-13H2,1-2H3. The van der Waals surface area contributed by atoms with Crippen LogP contribution in [-0.2, 0) is 13.1 Å². The number of aromatic hydroxyl groups is 1.